The lowest BCUT2D eigenvalue weighted by Crippen LogP contribution is -2.52. The molecule has 2 amide bonds. The third-order valence-electron chi connectivity index (χ3n) is 6.42. The van der Waals surface area contributed by atoms with Gasteiger partial charge in [0.2, 0.25) is 11.8 Å². The molecule has 3 atom stereocenters. The van der Waals surface area contributed by atoms with Gasteiger partial charge in [-0.3, -0.25) is 14.9 Å². The maximum Gasteiger partial charge on any atom is 0.250 e. The van der Waals surface area contributed by atoms with Gasteiger partial charge >= 0.3 is 0 Å². The normalized spacial score (nSPS) is 24.3. The molecule has 2 aromatic rings. The molecule has 2 aliphatic rings. The van der Waals surface area contributed by atoms with E-state index in [-0.39, 0.29) is 23.8 Å². The van der Waals surface area contributed by atoms with E-state index >= 15 is 0 Å². The maximum atomic E-state index is 13.6. The number of methoxy groups -OCH3 is 2. The zero-order valence-corrected chi connectivity index (χ0v) is 18.5. The Bertz CT molecular complexity index is 1040. The highest BCUT2D eigenvalue weighted by molar-refractivity contribution is 6.10. The molecule has 0 aromatic heterocycles. The number of nitrogens with one attached hydrogen (secondary N) is 3. The van der Waals surface area contributed by atoms with Crippen molar-refractivity contribution in [2.75, 3.05) is 24.9 Å². The SMILES string of the molecule is COc1ccc(OC)c(NC(=O)[C@@H]2C[C@H](C(C)C)N[C@]23C(=O)Nc2ccc(C)cc23)c1. The molecule has 1 spiro atoms. The fraction of sp³-hybridized carbons (Fsp3) is 0.417. The Labute approximate surface area is 182 Å². The van der Waals surface area contributed by atoms with E-state index < -0.39 is 11.5 Å². The van der Waals surface area contributed by atoms with E-state index in [1.165, 1.54) is 0 Å². The summed E-state index contributed by atoms with van der Waals surface area (Å²) >= 11 is 0. The second-order valence-corrected chi connectivity index (χ2v) is 8.65. The van der Waals surface area contributed by atoms with Crippen molar-refractivity contribution in [3.63, 3.8) is 0 Å². The van der Waals surface area contributed by atoms with E-state index in [1.807, 2.05) is 25.1 Å². The first kappa shape index (κ1) is 21.2. The van der Waals surface area contributed by atoms with Crippen LogP contribution in [0.5, 0.6) is 11.5 Å². The average Bonchev–Trinajstić information content (AvgIpc) is 3.28. The van der Waals surface area contributed by atoms with Gasteiger partial charge in [-0.15, -0.1) is 0 Å². The number of ether oxygens (including phenoxy) is 2. The van der Waals surface area contributed by atoms with Crippen LogP contribution in [0, 0.1) is 18.8 Å². The highest BCUT2D eigenvalue weighted by Crippen LogP contribution is 2.48. The van der Waals surface area contributed by atoms with Gasteiger partial charge in [0, 0.05) is 23.4 Å². The van der Waals surface area contributed by atoms with E-state index in [9.17, 15) is 9.59 Å². The molecule has 7 heteroatoms. The number of hydrogen-bond donors (Lipinski definition) is 3. The molecule has 2 aliphatic heterocycles. The predicted octanol–water partition coefficient (Wildman–Crippen LogP) is 3.43. The molecule has 1 fully saturated rings. The lowest BCUT2D eigenvalue weighted by molar-refractivity contribution is -0.130. The second-order valence-electron chi connectivity index (χ2n) is 8.65. The minimum Gasteiger partial charge on any atom is -0.497 e. The minimum absolute atomic E-state index is 0.0279. The summed E-state index contributed by atoms with van der Waals surface area (Å²) in [4.78, 5) is 27.0. The summed E-state index contributed by atoms with van der Waals surface area (Å²) in [6.45, 7) is 6.18. The van der Waals surface area contributed by atoms with Gasteiger partial charge in [0.05, 0.1) is 25.8 Å². The molecule has 0 bridgehead atoms. The third-order valence-corrected chi connectivity index (χ3v) is 6.42. The van der Waals surface area contributed by atoms with Crippen LogP contribution in [0.3, 0.4) is 0 Å². The van der Waals surface area contributed by atoms with Gasteiger partial charge in [0.25, 0.3) is 0 Å². The van der Waals surface area contributed by atoms with E-state index in [0.717, 1.165) is 16.8 Å². The Kier molecular flexibility index (Phi) is 5.39. The van der Waals surface area contributed by atoms with Crippen LogP contribution in [0.25, 0.3) is 0 Å². The molecule has 4 rings (SSSR count). The standard InChI is InChI=1S/C24H29N3O4/c1-13(2)19-12-17(22(28)25-20-11-15(30-4)7-9-21(20)31-5)24(27-19)16-10-14(3)6-8-18(16)26-23(24)29/h6-11,13,17,19,27H,12H2,1-5H3,(H,25,28)(H,26,29)/t17-,19+,24-/m0/s1. The lowest BCUT2D eigenvalue weighted by atomic mass is 9.79. The first-order valence-corrected chi connectivity index (χ1v) is 10.5. The summed E-state index contributed by atoms with van der Waals surface area (Å²) in [7, 11) is 3.12. The molecule has 7 nitrogen and oxygen atoms in total. The third kappa shape index (κ3) is 3.43. The molecule has 3 N–H and O–H groups in total. The lowest BCUT2D eigenvalue weighted by Gasteiger charge is -2.30. The predicted molar refractivity (Wildman–Crippen MR) is 120 cm³/mol. The Hall–Kier alpha value is -3.06. The number of anilines is 2. The molecule has 31 heavy (non-hydrogen) atoms. The van der Waals surface area contributed by atoms with Crippen LogP contribution in [0.1, 0.15) is 31.4 Å². The first-order chi connectivity index (χ1) is 14.8. The average molecular weight is 424 g/mol. The first-order valence-electron chi connectivity index (χ1n) is 10.5. The van der Waals surface area contributed by atoms with E-state index in [1.54, 1.807) is 32.4 Å². The van der Waals surface area contributed by atoms with E-state index in [2.05, 4.69) is 29.8 Å². The largest absolute Gasteiger partial charge is 0.497 e. The van der Waals surface area contributed by atoms with E-state index in [0.29, 0.717) is 23.6 Å². The maximum absolute atomic E-state index is 13.6. The number of amides is 2. The van der Waals surface area contributed by atoms with Gasteiger partial charge in [-0.25, -0.2) is 0 Å². The molecule has 0 aliphatic carbocycles. The fourth-order valence-electron chi connectivity index (χ4n) is 4.68. The number of rotatable bonds is 5. The van der Waals surface area contributed by atoms with Crippen molar-refractivity contribution >= 4 is 23.2 Å². The minimum atomic E-state index is -1.10. The quantitative estimate of drug-likeness (QED) is 0.686. The summed E-state index contributed by atoms with van der Waals surface area (Å²) < 4.78 is 10.7. The number of fused-ring (bicyclic) bond motifs is 2. The zero-order valence-electron chi connectivity index (χ0n) is 18.5. The summed E-state index contributed by atoms with van der Waals surface area (Å²) in [5.74, 6) is 0.402. The number of carbonyl (C=O) groups excluding carboxylic acids is 2. The number of aryl methyl sites for hydroxylation is 1. The Morgan fingerprint density at radius 1 is 1.16 bits per heavy atom. The monoisotopic (exact) mass is 423 g/mol. The van der Waals surface area contributed by atoms with Crippen LogP contribution in [0.4, 0.5) is 11.4 Å². The Balaban J connectivity index is 1.75. The van der Waals surface area contributed by atoms with Gasteiger partial charge in [0.1, 0.15) is 17.0 Å². The van der Waals surface area contributed by atoms with E-state index in [4.69, 9.17) is 9.47 Å². The Morgan fingerprint density at radius 3 is 2.61 bits per heavy atom. The number of carbonyl (C=O) groups is 2. The van der Waals surface area contributed by atoms with Crippen molar-refractivity contribution in [3.05, 3.63) is 47.5 Å². The topological polar surface area (TPSA) is 88.7 Å². The van der Waals surface area contributed by atoms with Crippen LogP contribution >= 0.6 is 0 Å². The van der Waals surface area contributed by atoms with Gasteiger partial charge in [-0.2, -0.15) is 0 Å². The summed E-state index contributed by atoms with van der Waals surface area (Å²) in [6, 6.07) is 11.1. The second kappa shape index (κ2) is 7.89. The fourth-order valence-corrected chi connectivity index (χ4v) is 4.68. The highest BCUT2D eigenvalue weighted by atomic mass is 16.5. The van der Waals surface area contributed by atoms with Crippen molar-refractivity contribution in [3.8, 4) is 11.5 Å². The molecule has 0 unspecified atom stereocenters. The summed E-state index contributed by atoms with van der Waals surface area (Å²) in [6.07, 6.45) is 0.552. The van der Waals surface area contributed by atoms with Gasteiger partial charge in [0.15, 0.2) is 0 Å². The Morgan fingerprint density at radius 2 is 1.94 bits per heavy atom. The van der Waals surface area contributed by atoms with Crippen molar-refractivity contribution < 1.29 is 19.1 Å². The van der Waals surface area contributed by atoms with Gasteiger partial charge < -0.3 is 20.1 Å². The molecule has 2 aromatic carbocycles. The van der Waals surface area contributed by atoms with Gasteiger partial charge in [-0.1, -0.05) is 31.5 Å². The van der Waals surface area contributed by atoms with Crippen molar-refractivity contribution in [1.82, 2.24) is 5.32 Å². The summed E-state index contributed by atoms with van der Waals surface area (Å²) in [5, 5.41) is 9.51. The molecule has 2 heterocycles. The number of benzene rings is 2. The molecular weight excluding hydrogens is 394 g/mol. The van der Waals surface area contributed by atoms with Gasteiger partial charge in [-0.05, 0) is 37.5 Å². The molecule has 1 saturated heterocycles. The van der Waals surface area contributed by atoms with Crippen molar-refractivity contribution in [2.24, 2.45) is 11.8 Å². The molecule has 164 valence electrons. The molecule has 0 saturated carbocycles. The van der Waals surface area contributed by atoms with Crippen LogP contribution in [0.15, 0.2) is 36.4 Å². The van der Waals surface area contributed by atoms with Crippen LogP contribution in [0.2, 0.25) is 0 Å². The molecular formula is C24H29N3O4. The highest BCUT2D eigenvalue weighted by Gasteiger charge is 2.60. The van der Waals surface area contributed by atoms with Crippen LogP contribution in [-0.2, 0) is 15.1 Å². The van der Waals surface area contributed by atoms with Crippen molar-refractivity contribution in [2.45, 2.75) is 38.8 Å². The van der Waals surface area contributed by atoms with Crippen LogP contribution in [-0.4, -0.2) is 32.1 Å². The van der Waals surface area contributed by atoms with Crippen LogP contribution < -0.4 is 25.4 Å². The summed E-state index contributed by atoms with van der Waals surface area (Å²) in [5.41, 5.74) is 2.03. The smallest absolute Gasteiger partial charge is 0.250 e. The number of hydrogen-bond acceptors (Lipinski definition) is 5. The van der Waals surface area contributed by atoms with Crippen molar-refractivity contribution in [1.29, 1.82) is 0 Å². The zero-order chi connectivity index (χ0) is 22.3. The molecule has 0 radical (unpaired) electrons.